The Morgan fingerprint density at radius 2 is 1.87 bits per heavy atom. The summed E-state index contributed by atoms with van der Waals surface area (Å²) in [4.78, 5) is 11.4. The molecule has 0 saturated heterocycles. The van der Waals surface area contributed by atoms with Crippen LogP contribution in [0.4, 0.5) is 13.2 Å². The van der Waals surface area contributed by atoms with Crippen LogP contribution >= 0.6 is 0 Å². The lowest BCUT2D eigenvalue weighted by atomic mass is 10.1. The maximum Gasteiger partial charge on any atom is 0.416 e. The molecule has 0 radical (unpaired) electrons. The number of halogens is 3. The van der Waals surface area contributed by atoms with Crippen molar-refractivity contribution in [3.05, 3.63) is 59.2 Å². The van der Waals surface area contributed by atoms with Gasteiger partial charge in [0.15, 0.2) is 17.6 Å². The van der Waals surface area contributed by atoms with Crippen LogP contribution in [-0.2, 0) is 22.1 Å². The predicted molar refractivity (Wildman–Crippen MR) is 108 cm³/mol. The van der Waals surface area contributed by atoms with Crippen molar-refractivity contribution in [1.29, 1.82) is 0 Å². The summed E-state index contributed by atoms with van der Waals surface area (Å²) in [5.41, 5.74) is 0.107. The van der Waals surface area contributed by atoms with E-state index in [1.165, 1.54) is 19.2 Å². The predicted octanol–water partition coefficient (Wildman–Crippen LogP) is 4.57. The van der Waals surface area contributed by atoms with E-state index in [0.717, 1.165) is 12.1 Å². The molecule has 0 aliphatic carbocycles. The van der Waals surface area contributed by atoms with E-state index < -0.39 is 23.8 Å². The second-order valence-corrected chi connectivity index (χ2v) is 6.87. The molecule has 2 aromatic rings. The number of aliphatic carboxylic acids is 1. The summed E-state index contributed by atoms with van der Waals surface area (Å²) in [6.45, 7) is 3.41. The fourth-order valence-corrected chi connectivity index (χ4v) is 2.72. The first-order valence-corrected chi connectivity index (χ1v) is 9.44. The second-order valence-electron chi connectivity index (χ2n) is 6.87. The minimum Gasteiger partial charge on any atom is -0.493 e. The number of ether oxygens (including phenoxy) is 3. The quantitative estimate of drug-likeness (QED) is 0.615. The van der Waals surface area contributed by atoms with E-state index in [2.05, 4.69) is 11.8 Å². The third-order valence-corrected chi connectivity index (χ3v) is 4.08. The highest BCUT2D eigenvalue weighted by atomic mass is 19.4. The first-order chi connectivity index (χ1) is 14.6. The van der Waals surface area contributed by atoms with Crippen molar-refractivity contribution < 1.29 is 37.3 Å². The van der Waals surface area contributed by atoms with Gasteiger partial charge in [-0.1, -0.05) is 24.0 Å². The van der Waals surface area contributed by atoms with Crippen LogP contribution in [0.1, 0.15) is 30.5 Å². The largest absolute Gasteiger partial charge is 0.493 e. The minimum absolute atomic E-state index is 0.0963. The van der Waals surface area contributed by atoms with Crippen LogP contribution in [0.5, 0.6) is 11.5 Å². The molecule has 0 fully saturated rings. The standard InChI is InChI=1S/C23H23F3O5/c1-15(2)31-21(22(27)28)14-17-9-10-19(29-3)20(13-17)30-11-5-7-16-6-4-8-18(12-16)23(24,25)26/h4,6,8-10,12-13,15,21H,11,14H2,1-3H3,(H,27,28). The number of benzene rings is 2. The highest BCUT2D eigenvalue weighted by molar-refractivity contribution is 5.72. The number of rotatable bonds is 8. The maximum atomic E-state index is 12.8. The zero-order valence-corrected chi connectivity index (χ0v) is 17.3. The Morgan fingerprint density at radius 1 is 1.13 bits per heavy atom. The molecule has 0 aliphatic heterocycles. The molecule has 0 heterocycles. The first kappa shape index (κ1) is 24.1. The van der Waals surface area contributed by atoms with Crippen molar-refractivity contribution in [2.24, 2.45) is 0 Å². The van der Waals surface area contributed by atoms with Crippen LogP contribution in [0.2, 0.25) is 0 Å². The van der Waals surface area contributed by atoms with Gasteiger partial charge in [-0.15, -0.1) is 0 Å². The van der Waals surface area contributed by atoms with Gasteiger partial charge < -0.3 is 19.3 Å². The van der Waals surface area contributed by atoms with Gasteiger partial charge in [0.2, 0.25) is 0 Å². The molecular formula is C23H23F3O5. The molecule has 1 unspecified atom stereocenters. The first-order valence-electron chi connectivity index (χ1n) is 9.44. The van der Waals surface area contributed by atoms with Crippen LogP contribution in [0, 0.1) is 11.8 Å². The Hall–Kier alpha value is -3.18. The summed E-state index contributed by atoms with van der Waals surface area (Å²) in [5.74, 6) is 4.99. The topological polar surface area (TPSA) is 65.0 Å². The van der Waals surface area contributed by atoms with E-state index in [4.69, 9.17) is 14.2 Å². The molecule has 2 rings (SSSR count). The molecule has 0 bridgehead atoms. The van der Waals surface area contributed by atoms with Gasteiger partial charge in [0.25, 0.3) is 0 Å². The number of alkyl halides is 3. The number of carboxylic acids is 1. The SMILES string of the molecule is COc1ccc(CC(OC(C)C)C(=O)O)cc1OCC#Cc1cccc(C(F)(F)F)c1. The Bertz CT molecular complexity index is 958. The number of carbonyl (C=O) groups is 1. The summed E-state index contributed by atoms with van der Waals surface area (Å²) < 4.78 is 54.6. The van der Waals surface area contributed by atoms with E-state index in [-0.39, 0.29) is 24.7 Å². The molecule has 0 aliphatic rings. The molecule has 31 heavy (non-hydrogen) atoms. The molecule has 5 nitrogen and oxygen atoms in total. The van der Waals surface area contributed by atoms with E-state index >= 15 is 0 Å². The highest BCUT2D eigenvalue weighted by Crippen LogP contribution is 2.30. The molecule has 0 amide bonds. The monoisotopic (exact) mass is 436 g/mol. The van der Waals surface area contributed by atoms with Crippen LogP contribution in [0.3, 0.4) is 0 Å². The summed E-state index contributed by atoms with van der Waals surface area (Å²) in [5, 5.41) is 9.34. The third kappa shape index (κ3) is 7.54. The van der Waals surface area contributed by atoms with E-state index in [1.807, 2.05) is 0 Å². The smallest absolute Gasteiger partial charge is 0.416 e. The van der Waals surface area contributed by atoms with Gasteiger partial charge in [-0.3, -0.25) is 0 Å². The lowest BCUT2D eigenvalue weighted by Gasteiger charge is -2.17. The molecular weight excluding hydrogens is 413 g/mol. The Balaban J connectivity index is 2.11. The second kappa shape index (κ2) is 10.7. The fourth-order valence-electron chi connectivity index (χ4n) is 2.72. The van der Waals surface area contributed by atoms with Crippen LogP contribution < -0.4 is 9.47 Å². The summed E-state index contributed by atoms with van der Waals surface area (Å²) >= 11 is 0. The van der Waals surface area contributed by atoms with Gasteiger partial charge in [-0.25, -0.2) is 4.79 Å². The van der Waals surface area contributed by atoms with Gasteiger partial charge in [0.05, 0.1) is 18.8 Å². The van der Waals surface area contributed by atoms with Gasteiger partial charge in [-0.05, 0) is 49.7 Å². The van der Waals surface area contributed by atoms with Crippen molar-refractivity contribution >= 4 is 5.97 Å². The van der Waals surface area contributed by atoms with Gasteiger partial charge in [-0.2, -0.15) is 13.2 Å². The van der Waals surface area contributed by atoms with Gasteiger partial charge in [0, 0.05) is 12.0 Å². The normalized spacial score (nSPS) is 12.1. The maximum absolute atomic E-state index is 12.8. The van der Waals surface area contributed by atoms with Crippen molar-refractivity contribution in [3.8, 4) is 23.3 Å². The lowest BCUT2D eigenvalue weighted by molar-refractivity contribution is -0.153. The molecule has 0 spiro atoms. The molecule has 8 heteroatoms. The number of methoxy groups -OCH3 is 1. The van der Waals surface area contributed by atoms with Crippen molar-refractivity contribution in [1.82, 2.24) is 0 Å². The Labute approximate surface area is 178 Å². The van der Waals surface area contributed by atoms with Crippen LogP contribution in [-0.4, -0.2) is 37.0 Å². The van der Waals surface area contributed by atoms with Gasteiger partial charge in [0.1, 0.15) is 6.61 Å². The minimum atomic E-state index is -4.44. The average Bonchev–Trinajstić information content (AvgIpc) is 2.70. The number of hydrogen-bond donors (Lipinski definition) is 1. The van der Waals surface area contributed by atoms with Crippen LogP contribution in [0.15, 0.2) is 42.5 Å². The molecule has 1 atom stereocenters. The van der Waals surface area contributed by atoms with E-state index in [0.29, 0.717) is 17.1 Å². The molecule has 1 N–H and O–H groups in total. The fraction of sp³-hybridized carbons (Fsp3) is 0.348. The number of carboxylic acid groups (broad SMARTS) is 1. The summed E-state index contributed by atoms with van der Waals surface area (Å²) in [6, 6.07) is 9.69. The lowest BCUT2D eigenvalue weighted by Crippen LogP contribution is -2.29. The van der Waals surface area contributed by atoms with Crippen molar-refractivity contribution in [3.63, 3.8) is 0 Å². The van der Waals surface area contributed by atoms with Crippen molar-refractivity contribution in [2.75, 3.05) is 13.7 Å². The summed E-state index contributed by atoms with van der Waals surface area (Å²) in [6.07, 6.45) is -5.57. The molecule has 2 aromatic carbocycles. The zero-order chi connectivity index (χ0) is 23.0. The zero-order valence-electron chi connectivity index (χ0n) is 17.3. The average molecular weight is 436 g/mol. The van der Waals surface area contributed by atoms with E-state index in [9.17, 15) is 23.1 Å². The van der Waals surface area contributed by atoms with Crippen molar-refractivity contribution in [2.45, 2.75) is 38.7 Å². The number of hydrogen-bond acceptors (Lipinski definition) is 4. The molecule has 166 valence electrons. The Kier molecular flexibility index (Phi) is 8.34. The Morgan fingerprint density at radius 3 is 2.48 bits per heavy atom. The third-order valence-electron chi connectivity index (χ3n) is 4.08. The molecule has 0 aromatic heterocycles. The highest BCUT2D eigenvalue weighted by Gasteiger charge is 2.30. The summed E-state index contributed by atoms with van der Waals surface area (Å²) in [7, 11) is 1.46. The van der Waals surface area contributed by atoms with Gasteiger partial charge >= 0.3 is 12.1 Å². The van der Waals surface area contributed by atoms with Crippen LogP contribution in [0.25, 0.3) is 0 Å². The molecule has 0 saturated carbocycles. The van der Waals surface area contributed by atoms with E-state index in [1.54, 1.807) is 32.0 Å².